The van der Waals surface area contributed by atoms with E-state index in [4.69, 9.17) is 5.73 Å². The van der Waals surface area contributed by atoms with Gasteiger partial charge in [-0.25, -0.2) is 8.42 Å². The van der Waals surface area contributed by atoms with Gasteiger partial charge in [-0.1, -0.05) is 6.92 Å². The molecule has 9 heteroatoms. The largest absolute Gasteiger partial charge is 0.382 e. The normalized spacial score (nSPS) is 16.5. The van der Waals surface area contributed by atoms with Gasteiger partial charge in [-0.05, 0) is 37.7 Å². The van der Waals surface area contributed by atoms with Crippen molar-refractivity contribution in [3.63, 3.8) is 0 Å². The first-order valence-corrected chi connectivity index (χ1v) is 9.32. The van der Waals surface area contributed by atoms with Crippen molar-refractivity contribution in [1.82, 2.24) is 9.69 Å². The minimum absolute atomic E-state index is 0.00689. The number of hydrogen-bond donors (Lipinski definition) is 3. The lowest BCUT2D eigenvalue weighted by molar-refractivity contribution is -0.121. The number of hydrogen-bond acceptors (Lipinski definition) is 7. The lowest BCUT2D eigenvalue weighted by atomic mass is 10.3. The van der Waals surface area contributed by atoms with E-state index in [1.807, 2.05) is 0 Å². The average Bonchev–Trinajstić information content (AvgIpc) is 3.12. The second kappa shape index (κ2) is 6.18. The summed E-state index contributed by atoms with van der Waals surface area (Å²) in [4.78, 5) is 11.9. The van der Waals surface area contributed by atoms with Gasteiger partial charge in [0.15, 0.2) is 15.7 Å². The Morgan fingerprint density at radius 1 is 1.52 bits per heavy atom. The number of aromatic nitrogens is 1. The lowest BCUT2D eigenvalue weighted by Gasteiger charge is -2.14. The Balaban J connectivity index is 2.15. The number of nitrogens with one attached hydrogen (secondary N) is 2. The number of carbonyl (C=O) groups is 1. The van der Waals surface area contributed by atoms with E-state index in [2.05, 4.69) is 15.0 Å². The van der Waals surface area contributed by atoms with Crippen molar-refractivity contribution in [1.29, 1.82) is 0 Å². The number of rotatable bonds is 7. The summed E-state index contributed by atoms with van der Waals surface area (Å²) < 4.78 is 28.3. The molecule has 0 spiro atoms. The number of sulfone groups is 1. The Kier molecular flexibility index (Phi) is 4.72. The van der Waals surface area contributed by atoms with Gasteiger partial charge in [0.25, 0.3) is 0 Å². The molecule has 1 aromatic rings. The van der Waals surface area contributed by atoms with E-state index in [-0.39, 0.29) is 28.4 Å². The third-order valence-electron chi connectivity index (χ3n) is 3.12. The van der Waals surface area contributed by atoms with E-state index in [0.717, 1.165) is 24.4 Å². The van der Waals surface area contributed by atoms with Crippen LogP contribution in [0.5, 0.6) is 0 Å². The fraction of sp³-hybridized carbons (Fsp3) is 0.667. The fourth-order valence-corrected chi connectivity index (χ4v) is 4.57. The smallest absolute Gasteiger partial charge is 0.242 e. The fourth-order valence-electron chi connectivity index (χ4n) is 1.87. The van der Waals surface area contributed by atoms with Gasteiger partial charge in [0.05, 0.1) is 5.75 Å². The second-order valence-corrected chi connectivity index (χ2v) is 8.01. The highest BCUT2D eigenvalue weighted by molar-refractivity contribution is 7.91. The van der Waals surface area contributed by atoms with Crippen molar-refractivity contribution in [2.75, 3.05) is 16.8 Å². The quantitative estimate of drug-likeness (QED) is 0.686. The molecule has 2 rings (SSSR count). The van der Waals surface area contributed by atoms with Gasteiger partial charge in [0, 0.05) is 6.04 Å². The Bertz CT molecular complexity index is 622. The Morgan fingerprint density at radius 3 is 2.76 bits per heavy atom. The molecule has 1 heterocycles. The Morgan fingerprint density at radius 2 is 2.19 bits per heavy atom. The van der Waals surface area contributed by atoms with Crippen LogP contribution in [0.4, 0.5) is 10.8 Å². The lowest BCUT2D eigenvalue weighted by Crippen LogP contribution is -2.38. The summed E-state index contributed by atoms with van der Waals surface area (Å²) in [5, 5.41) is 6.11. The molecule has 4 N–H and O–H groups in total. The molecule has 0 aromatic carbocycles. The topological polar surface area (TPSA) is 114 Å². The molecule has 21 heavy (non-hydrogen) atoms. The number of anilines is 2. The molecule has 0 aliphatic heterocycles. The van der Waals surface area contributed by atoms with Crippen LogP contribution in [0.3, 0.4) is 0 Å². The minimum Gasteiger partial charge on any atom is -0.382 e. The second-order valence-electron chi connectivity index (χ2n) is 5.19. The standard InChI is InChI=1S/C12H20N4O3S2/c1-3-6-21(18,19)9-10(13)16-20-12(9)14-7(2)11(17)15-8-4-5-8/h7-8,14H,3-6H2,1-2H3,(H2,13,16)(H,15,17). The molecule has 7 nitrogen and oxygen atoms in total. The number of nitrogen functional groups attached to an aromatic ring is 1. The van der Waals surface area contributed by atoms with Crippen LogP contribution in [0, 0.1) is 0 Å². The van der Waals surface area contributed by atoms with E-state index in [1.54, 1.807) is 13.8 Å². The molecule has 118 valence electrons. The van der Waals surface area contributed by atoms with Gasteiger partial charge in [-0.15, -0.1) is 0 Å². The predicted molar refractivity (Wildman–Crippen MR) is 83.1 cm³/mol. The van der Waals surface area contributed by atoms with Crippen LogP contribution in [0.2, 0.25) is 0 Å². The van der Waals surface area contributed by atoms with Crippen molar-refractivity contribution in [2.24, 2.45) is 0 Å². The summed E-state index contributed by atoms with van der Waals surface area (Å²) in [6, 6.07) is -0.280. The van der Waals surface area contributed by atoms with Crippen molar-refractivity contribution in [3.05, 3.63) is 0 Å². The van der Waals surface area contributed by atoms with Crippen LogP contribution < -0.4 is 16.4 Å². The highest BCUT2D eigenvalue weighted by Gasteiger charge is 2.29. The Hall–Kier alpha value is -1.35. The summed E-state index contributed by atoms with van der Waals surface area (Å²) >= 11 is 0.964. The van der Waals surface area contributed by atoms with Crippen molar-refractivity contribution in [2.45, 2.75) is 50.1 Å². The van der Waals surface area contributed by atoms with Crippen molar-refractivity contribution < 1.29 is 13.2 Å². The van der Waals surface area contributed by atoms with Gasteiger partial charge in [-0.2, -0.15) is 4.37 Å². The van der Waals surface area contributed by atoms with Crippen LogP contribution in [0.1, 0.15) is 33.1 Å². The maximum absolute atomic E-state index is 12.2. The van der Waals surface area contributed by atoms with Crippen molar-refractivity contribution >= 4 is 38.1 Å². The van der Waals surface area contributed by atoms with Crippen LogP contribution in [-0.4, -0.2) is 36.5 Å². The molecule has 1 unspecified atom stereocenters. The van der Waals surface area contributed by atoms with Crippen LogP contribution in [0.25, 0.3) is 0 Å². The predicted octanol–water partition coefficient (Wildman–Crippen LogP) is 0.988. The minimum atomic E-state index is -3.48. The zero-order valence-electron chi connectivity index (χ0n) is 12.0. The zero-order valence-corrected chi connectivity index (χ0v) is 13.7. The van der Waals surface area contributed by atoms with Gasteiger partial charge < -0.3 is 16.4 Å². The molecule has 1 fully saturated rings. The van der Waals surface area contributed by atoms with Gasteiger partial charge >= 0.3 is 0 Å². The van der Waals surface area contributed by atoms with Gasteiger partial charge in [-0.3, -0.25) is 4.79 Å². The summed E-state index contributed by atoms with van der Waals surface area (Å²) in [5.74, 6) is -0.151. The zero-order chi connectivity index (χ0) is 15.6. The number of amides is 1. The van der Waals surface area contributed by atoms with E-state index < -0.39 is 15.9 Å². The molecule has 0 bridgehead atoms. The molecule has 1 saturated carbocycles. The van der Waals surface area contributed by atoms with E-state index in [1.165, 1.54) is 0 Å². The van der Waals surface area contributed by atoms with E-state index >= 15 is 0 Å². The van der Waals surface area contributed by atoms with Gasteiger partial charge in [0.2, 0.25) is 5.91 Å². The molecule has 1 amide bonds. The van der Waals surface area contributed by atoms with E-state index in [0.29, 0.717) is 11.4 Å². The molecular formula is C12H20N4O3S2. The number of nitrogens with two attached hydrogens (primary N) is 1. The third-order valence-corrected chi connectivity index (χ3v) is 6.03. The highest BCUT2D eigenvalue weighted by Crippen LogP contribution is 2.33. The summed E-state index contributed by atoms with van der Waals surface area (Å²) in [6.45, 7) is 3.47. The molecule has 0 radical (unpaired) electrons. The molecule has 1 atom stereocenters. The molecule has 1 aliphatic carbocycles. The Labute approximate surface area is 128 Å². The summed E-state index contributed by atoms with van der Waals surface area (Å²) in [5.41, 5.74) is 5.68. The number of nitrogens with zero attached hydrogens (tertiary/aromatic N) is 1. The van der Waals surface area contributed by atoms with Gasteiger partial charge in [0.1, 0.15) is 15.9 Å². The molecule has 1 aromatic heterocycles. The van der Waals surface area contributed by atoms with Crippen LogP contribution >= 0.6 is 11.5 Å². The highest BCUT2D eigenvalue weighted by atomic mass is 32.2. The summed E-state index contributed by atoms with van der Waals surface area (Å²) in [7, 11) is -3.48. The van der Waals surface area contributed by atoms with E-state index in [9.17, 15) is 13.2 Å². The average molecular weight is 332 g/mol. The molecule has 0 saturated heterocycles. The monoisotopic (exact) mass is 332 g/mol. The maximum atomic E-state index is 12.2. The first-order chi connectivity index (χ1) is 9.85. The maximum Gasteiger partial charge on any atom is 0.242 e. The summed E-state index contributed by atoms with van der Waals surface area (Å²) in [6.07, 6.45) is 2.50. The first kappa shape index (κ1) is 16.0. The van der Waals surface area contributed by atoms with Crippen LogP contribution in [-0.2, 0) is 14.6 Å². The first-order valence-electron chi connectivity index (χ1n) is 6.90. The SMILES string of the molecule is CCCS(=O)(=O)c1c(N)nsc1NC(C)C(=O)NC1CC1. The van der Waals surface area contributed by atoms with Crippen molar-refractivity contribution in [3.8, 4) is 0 Å². The molecular weight excluding hydrogens is 312 g/mol. The van der Waals surface area contributed by atoms with Crippen LogP contribution in [0.15, 0.2) is 4.90 Å². The third kappa shape index (κ3) is 3.85. The molecule has 1 aliphatic rings. The number of carbonyl (C=O) groups excluding carboxylic acids is 1.